The van der Waals surface area contributed by atoms with Gasteiger partial charge >= 0.3 is 33.0 Å². The first-order chi connectivity index (χ1) is 17.3. The standard InChI is InChI=1S/C28H29NP2S.2ClH.Ni/c1-32-24-14-23-29(30(25-15-6-2-7-16-25)26-17-8-3-9-18-26)31(27-19-10-4-11-20-27)28-21-12-5-13-22-28;;;/h2-13,15-22H,14,23-24H2,1H3;2*1H;/q;;;+2/p-2. The van der Waals surface area contributed by atoms with Crippen LogP contribution in [0.5, 0.6) is 0 Å². The molecule has 0 fully saturated rings. The van der Waals surface area contributed by atoms with Gasteiger partial charge in [0.1, 0.15) is 0 Å². The van der Waals surface area contributed by atoms with Crippen molar-refractivity contribution >= 4 is 69.5 Å². The summed E-state index contributed by atoms with van der Waals surface area (Å²) >= 11 is 2.51. The Morgan fingerprint density at radius 2 is 0.886 bits per heavy atom. The van der Waals surface area contributed by atoms with Crippen molar-refractivity contribution in [3.05, 3.63) is 121 Å². The molecule has 0 radical (unpaired) electrons. The van der Waals surface area contributed by atoms with Crippen LogP contribution in [0.1, 0.15) is 6.42 Å². The first-order valence-corrected chi connectivity index (χ1v) is 17.9. The molecule has 0 aliphatic heterocycles. The normalized spacial score (nSPS) is 11.0. The molecule has 0 aliphatic rings. The van der Waals surface area contributed by atoms with E-state index in [1.165, 1.54) is 33.4 Å². The van der Waals surface area contributed by atoms with Crippen molar-refractivity contribution < 1.29 is 12.7 Å². The van der Waals surface area contributed by atoms with Gasteiger partial charge in [0.15, 0.2) is 0 Å². The molecular formula is C28H29Cl2NNiP2S. The molecular weight excluding hydrogens is 574 g/mol. The van der Waals surface area contributed by atoms with Crippen molar-refractivity contribution in [2.24, 2.45) is 0 Å². The van der Waals surface area contributed by atoms with Crippen molar-refractivity contribution in [3.8, 4) is 0 Å². The van der Waals surface area contributed by atoms with Crippen LogP contribution >= 0.6 is 48.3 Å². The van der Waals surface area contributed by atoms with Gasteiger partial charge < -0.3 is 0 Å². The Labute approximate surface area is 231 Å². The Kier molecular flexibility index (Phi) is 13.8. The third-order valence-corrected chi connectivity index (χ3v) is 11.4. The number of hydrogen-bond acceptors (Lipinski definition) is 2. The minimum absolute atomic E-state index is 0.569. The van der Waals surface area contributed by atoms with Crippen LogP contribution < -0.4 is 21.2 Å². The van der Waals surface area contributed by atoms with Crippen LogP contribution in [0.3, 0.4) is 0 Å². The van der Waals surface area contributed by atoms with Gasteiger partial charge in [0.25, 0.3) is 0 Å². The Morgan fingerprint density at radius 3 is 1.14 bits per heavy atom. The summed E-state index contributed by atoms with van der Waals surface area (Å²) in [5.74, 6) is 1.18. The van der Waals surface area contributed by atoms with Gasteiger partial charge in [0.2, 0.25) is 0 Å². The summed E-state index contributed by atoms with van der Waals surface area (Å²) in [6, 6.07) is 44.4. The fourth-order valence-electron chi connectivity index (χ4n) is 3.75. The second kappa shape index (κ2) is 16.8. The fourth-order valence-corrected chi connectivity index (χ4v) is 10.3. The molecule has 186 valence electrons. The second-order valence-electron chi connectivity index (χ2n) is 7.45. The summed E-state index contributed by atoms with van der Waals surface area (Å²) in [5, 5.41) is 5.66. The van der Waals surface area contributed by atoms with Crippen LogP contribution in [-0.2, 0) is 12.7 Å². The Morgan fingerprint density at radius 1 is 0.600 bits per heavy atom. The first-order valence-electron chi connectivity index (χ1n) is 11.2. The maximum absolute atomic E-state index is 4.70. The van der Waals surface area contributed by atoms with E-state index in [9.17, 15) is 0 Å². The van der Waals surface area contributed by atoms with Crippen LogP contribution in [0, 0.1) is 0 Å². The molecule has 0 unspecified atom stereocenters. The van der Waals surface area contributed by atoms with E-state index in [1.807, 2.05) is 11.8 Å². The third-order valence-electron chi connectivity index (χ3n) is 5.17. The molecule has 1 nitrogen and oxygen atoms in total. The van der Waals surface area contributed by atoms with Crippen LogP contribution in [0.15, 0.2) is 121 Å². The molecule has 0 spiro atoms. The molecule has 0 amide bonds. The molecule has 0 saturated carbocycles. The van der Waals surface area contributed by atoms with E-state index in [0.29, 0.717) is 12.7 Å². The zero-order valence-electron chi connectivity index (χ0n) is 19.5. The van der Waals surface area contributed by atoms with Crippen LogP contribution in [-0.4, -0.2) is 23.0 Å². The summed E-state index contributed by atoms with van der Waals surface area (Å²) in [6.07, 6.45) is 3.39. The SMILES string of the molecule is CSCCCN(P(c1ccccc1)c1ccccc1)P(c1ccccc1)c1ccccc1.[Cl][Ni][Cl]. The molecule has 4 aromatic rings. The van der Waals surface area contributed by atoms with Gasteiger partial charge in [-0.05, 0) is 39.6 Å². The average molecular weight is 603 g/mol. The first kappa shape index (κ1) is 28.7. The second-order valence-corrected chi connectivity index (χ2v) is 14.7. The van der Waals surface area contributed by atoms with Crippen molar-refractivity contribution in [2.75, 3.05) is 18.6 Å². The Bertz CT molecular complexity index is 917. The summed E-state index contributed by atoms with van der Waals surface area (Å²) in [4.78, 5) is 0. The van der Waals surface area contributed by atoms with Crippen molar-refractivity contribution in [3.63, 3.8) is 0 Å². The third kappa shape index (κ3) is 8.88. The summed E-state index contributed by atoms with van der Waals surface area (Å²) in [6.45, 7) is 1.08. The van der Waals surface area contributed by atoms with Crippen LogP contribution in [0.25, 0.3) is 0 Å². The molecule has 0 aromatic heterocycles. The predicted octanol–water partition coefficient (Wildman–Crippen LogP) is 7.51. The Hall–Kier alpha value is -0.876. The number of halogens is 2. The number of benzene rings is 4. The van der Waals surface area contributed by atoms with Gasteiger partial charge in [-0.2, -0.15) is 11.8 Å². The van der Waals surface area contributed by atoms with Gasteiger partial charge in [-0.15, -0.1) is 0 Å². The molecule has 0 atom stereocenters. The number of hydrogen-bond donors (Lipinski definition) is 0. The van der Waals surface area contributed by atoms with E-state index in [0.717, 1.165) is 6.54 Å². The summed E-state index contributed by atoms with van der Waals surface area (Å²) in [5.41, 5.74) is 0. The molecule has 4 rings (SSSR count). The van der Waals surface area contributed by atoms with Crippen molar-refractivity contribution in [1.82, 2.24) is 4.44 Å². The number of rotatable bonds is 10. The van der Waals surface area contributed by atoms with Crippen molar-refractivity contribution in [2.45, 2.75) is 6.42 Å². The number of thioether (sulfide) groups is 1. The minimum atomic E-state index is -0.665. The molecule has 0 aliphatic carbocycles. The van der Waals surface area contributed by atoms with Gasteiger partial charge in [-0.3, -0.25) is 0 Å². The summed E-state index contributed by atoms with van der Waals surface area (Å²) in [7, 11) is 8.07. The van der Waals surface area contributed by atoms with Gasteiger partial charge in [-0.25, -0.2) is 4.44 Å². The zero-order chi connectivity index (χ0) is 24.7. The van der Waals surface area contributed by atoms with E-state index in [2.05, 4.69) is 132 Å². The number of nitrogens with zero attached hydrogens (tertiary/aromatic N) is 1. The quantitative estimate of drug-likeness (QED) is 0.105. The van der Waals surface area contributed by atoms with Gasteiger partial charge in [0.05, 0.1) is 0 Å². The molecule has 4 aromatic carbocycles. The van der Waals surface area contributed by atoms with Crippen LogP contribution in [0.2, 0.25) is 0 Å². The maximum atomic E-state index is 4.70. The molecule has 0 N–H and O–H groups in total. The topological polar surface area (TPSA) is 3.24 Å². The molecule has 0 saturated heterocycles. The average Bonchev–Trinajstić information content (AvgIpc) is 2.92. The molecule has 0 bridgehead atoms. The summed E-state index contributed by atoms with van der Waals surface area (Å²) < 4.78 is 2.83. The molecule has 35 heavy (non-hydrogen) atoms. The fraction of sp³-hybridized carbons (Fsp3) is 0.143. The molecule has 7 heteroatoms. The molecule has 0 heterocycles. The zero-order valence-corrected chi connectivity index (χ0v) is 24.6. The van der Waals surface area contributed by atoms with E-state index >= 15 is 0 Å². The van der Waals surface area contributed by atoms with E-state index in [-0.39, 0.29) is 0 Å². The van der Waals surface area contributed by atoms with E-state index < -0.39 is 16.1 Å². The van der Waals surface area contributed by atoms with Crippen LogP contribution in [0.4, 0.5) is 0 Å². The van der Waals surface area contributed by atoms with Gasteiger partial charge in [-0.1, -0.05) is 121 Å². The van der Waals surface area contributed by atoms with Crippen molar-refractivity contribution in [1.29, 1.82) is 0 Å². The Balaban J connectivity index is 0.00000108. The van der Waals surface area contributed by atoms with E-state index in [4.69, 9.17) is 20.4 Å². The van der Waals surface area contributed by atoms with E-state index in [1.54, 1.807) is 0 Å². The van der Waals surface area contributed by atoms with Gasteiger partial charge in [0, 0.05) is 22.7 Å². The monoisotopic (exact) mass is 601 g/mol. The predicted molar refractivity (Wildman–Crippen MR) is 160 cm³/mol.